The monoisotopic (exact) mass is 132 g/mol. The summed E-state index contributed by atoms with van der Waals surface area (Å²) in [5, 5.41) is 17.1. The molecule has 9 heavy (non-hydrogen) atoms. The zero-order valence-corrected chi connectivity index (χ0v) is 5.66. The Morgan fingerprint density at radius 3 is 2.22 bits per heavy atom. The largest absolute Gasteiger partial charge is 0.390 e. The van der Waals surface area contributed by atoms with Crippen LogP contribution in [0.2, 0.25) is 0 Å². The van der Waals surface area contributed by atoms with E-state index < -0.39 is 11.7 Å². The Hall–Kier alpha value is -0.380. The van der Waals surface area contributed by atoms with E-state index in [1.165, 1.54) is 19.9 Å². The molecule has 0 spiro atoms. The fourth-order valence-electron chi connectivity index (χ4n) is 0.284. The van der Waals surface area contributed by atoms with Crippen LogP contribution in [0.1, 0.15) is 13.8 Å². The van der Waals surface area contributed by atoms with Gasteiger partial charge >= 0.3 is 0 Å². The Morgan fingerprint density at radius 1 is 1.78 bits per heavy atom. The molecule has 3 heteroatoms. The summed E-state index contributed by atoms with van der Waals surface area (Å²) in [6, 6.07) is 0. The van der Waals surface area contributed by atoms with Crippen LogP contribution < -0.4 is 0 Å². The molecule has 2 N–H and O–H groups in total. The van der Waals surface area contributed by atoms with Crippen molar-refractivity contribution in [3.05, 3.63) is 12.7 Å². The fraction of sp³-hybridized carbons (Fsp3) is 0.667. The molecule has 0 saturated heterocycles. The Morgan fingerprint density at radius 2 is 2.22 bits per heavy atom. The van der Waals surface area contributed by atoms with Gasteiger partial charge in [0.15, 0.2) is 0 Å². The topological polar surface area (TPSA) is 49.7 Å². The van der Waals surface area contributed by atoms with Gasteiger partial charge in [-0.1, -0.05) is 6.08 Å². The highest BCUT2D eigenvalue weighted by Crippen LogP contribution is 2.14. The molecule has 3 nitrogen and oxygen atoms in total. The summed E-state index contributed by atoms with van der Waals surface area (Å²) in [4.78, 5) is 3.98. The van der Waals surface area contributed by atoms with Crippen molar-refractivity contribution in [1.82, 2.24) is 0 Å². The number of rotatable bonds is 3. The highest BCUT2D eigenvalue weighted by molar-refractivity contribution is 4.96. The van der Waals surface area contributed by atoms with Crippen LogP contribution in [0, 0.1) is 0 Å². The van der Waals surface area contributed by atoms with Crippen molar-refractivity contribution in [2.45, 2.75) is 25.6 Å². The van der Waals surface area contributed by atoms with Gasteiger partial charge in [0, 0.05) is 0 Å². The molecule has 0 aromatic carbocycles. The van der Waals surface area contributed by atoms with E-state index in [-0.39, 0.29) is 0 Å². The maximum absolute atomic E-state index is 8.92. The second-order valence-corrected chi connectivity index (χ2v) is 2.16. The molecule has 0 aliphatic carbocycles. The van der Waals surface area contributed by atoms with Gasteiger partial charge < -0.3 is 5.11 Å². The van der Waals surface area contributed by atoms with Crippen LogP contribution in [0.5, 0.6) is 0 Å². The minimum Gasteiger partial charge on any atom is -0.390 e. The maximum atomic E-state index is 8.92. The maximum Gasteiger partial charge on any atom is 0.144 e. The van der Waals surface area contributed by atoms with Crippen LogP contribution in [0.3, 0.4) is 0 Å². The zero-order chi connectivity index (χ0) is 7.49. The third-order valence-electron chi connectivity index (χ3n) is 1.43. The Bertz CT molecular complexity index is 100. The van der Waals surface area contributed by atoms with E-state index >= 15 is 0 Å². The number of aliphatic hydroxyl groups is 1. The molecule has 0 bridgehead atoms. The van der Waals surface area contributed by atoms with E-state index in [0.29, 0.717) is 0 Å². The van der Waals surface area contributed by atoms with E-state index in [1.54, 1.807) is 0 Å². The van der Waals surface area contributed by atoms with E-state index in [4.69, 9.17) is 10.4 Å². The lowest BCUT2D eigenvalue weighted by Crippen LogP contribution is -2.36. The lowest BCUT2D eigenvalue weighted by Gasteiger charge is -2.24. The normalized spacial score (nSPS) is 20.4. The first-order chi connectivity index (χ1) is 4.06. The highest BCUT2D eigenvalue weighted by Gasteiger charge is 2.27. The van der Waals surface area contributed by atoms with Crippen molar-refractivity contribution in [3.63, 3.8) is 0 Å². The molecular weight excluding hydrogens is 120 g/mol. The second-order valence-electron chi connectivity index (χ2n) is 2.16. The van der Waals surface area contributed by atoms with Crippen molar-refractivity contribution < 1.29 is 15.3 Å². The molecule has 0 aliphatic heterocycles. The van der Waals surface area contributed by atoms with E-state index in [0.717, 1.165) is 0 Å². The van der Waals surface area contributed by atoms with Gasteiger partial charge in [0.2, 0.25) is 0 Å². The summed E-state index contributed by atoms with van der Waals surface area (Å²) in [6.07, 6.45) is 0.581. The minimum absolute atomic E-state index is 0.764. The number of hydrogen-bond acceptors (Lipinski definition) is 3. The summed E-state index contributed by atoms with van der Waals surface area (Å²) in [7, 11) is 0. The van der Waals surface area contributed by atoms with E-state index in [2.05, 4.69) is 11.5 Å². The van der Waals surface area contributed by atoms with E-state index in [1.807, 2.05) is 0 Å². The van der Waals surface area contributed by atoms with Gasteiger partial charge in [-0.3, -0.25) is 5.26 Å². The first-order valence-corrected chi connectivity index (χ1v) is 2.71. The summed E-state index contributed by atoms with van der Waals surface area (Å²) in [6.45, 7) is 6.42. The molecule has 0 saturated carbocycles. The second kappa shape index (κ2) is 2.96. The lowest BCUT2D eigenvalue weighted by atomic mass is 10.0. The lowest BCUT2D eigenvalue weighted by molar-refractivity contribution is -0.320. The Kier molecular flexibility index (Phi) is 2.84. The minimum atomic E-state index is -1.04. The zero-order valence-electron chi connectivity index (χ0n) is 5.66. The molecule has 0 amide bonds. The summed E-state index contributed by atoms with van der Waals surface area (Å²) in [5.74, 6) is 0. The quantitative estimate of drug-likeness (QED) is 0.339. The first kappa shape index (κ1) is 8.62. The van der Waals surface area contributed by atoms with Gasteiger partial charge in [0.05, 0.1) is 6.10 Å². The number of aliphatic hydroxyl groups excluding tert-OH is 1. The van der Waals surface area contributed by atoms with Gasteiger partial charge in [0.1, 0.15) is 5.60 Å². The molecule has 0 rings (SSSR count). The van der Waals surface area contributed by atoms with Crippen molar-refractivity contribution in [2.24, 2.45) is 0 Å². The predicted octanol–water partition coefficient (Wildman–Crippen LogP) is 0.801. The molecular formula is C6H12O3. The van der Waals surface area contributed by atoms with Gasteiger partial charge in [0.25, 0.3) is 0 Å². The average Bonchev–Trinajstić information content (AvgIpc) is 1.86. The van der Waals surface area contributed by atoms with Gasteiger partial charge in [-0.05, 0) is 13.8 Å². The highest BCUT2D eigenvalue weighted by atomic mass is 17.1. The van der Waals surface area contributed by atoms with Crippen LogP contribution >= 0.6 is 0 Å². The molecule has 0 fully saturated rings. The average molecular weight is 132 g/mol. The molecule has 0 aromatic rings. The van der Waals surface area contributed by atoms with Gasteiger partial charge in [-0.2, -0.15) is 0 Å². The Balaban J connectivity index is 4.08. The van der Waals surface area contributed by atoms with Gasteiger partial charge in [-0.15, -0.1) is 6.58 Å². The first-order valence-electron chi connectivity index (χ1n) is 2.71. The molecule has 0 aliphatic rings. The molecule has 54 valence electrons. The van der Waals surface area contributed by atoms with Crippen LogP contribution in [-0.2, 0) is 4.89 Å². The van der Waals surface area contributed by atoms with Crippen molar-refractivity contribution in [2.75, 3.05) is 0 Å². The van der Waals surface area contributed by atoms with E-state index in [9.17, 15) is 0 Å². The van der Waals surface area contributed by atoms with Crippen LogP contribution in [-0.4, -0.2) is 22.1 Å². The van der Waals surface area contributed by atoms with Crippen molar-refractivity contribution in [3.8, 4) is 0 Å². The number of hydrogen-bond donors (Lipinski definition) is 2. The standard InChI is InChI=1S/C6H12O3/c1-4-6(3,9-8)5(2)7/h4-5,7-8H,1H2,2-3H3. The summed E-state index contributed by atoms with van der Waals surface area (Å²) in [5.41, 5.74) is -1.04. The van der Waals surface area contributed by atoms with Crippen LogP contribution in [0.15, 0.2) is 12.7 Å². The summed E-state index contributed by atoms with van der Waals surface area (Å²) >= 11 is 0. The molecule has 0 radical (unpaired) electrons. The van der Waals surface area contributed by atoms with Crippen LogP contribution in [0.4, 0.5) is 0 Å². The third kappa shape index (κ3) is 1.78. The van der Waals surface area contributed by atoms with Crippen molar-refractivity contribution in [1.29, 1.82) is 0 Å². The SMILES string of the molecule is C=CC(C)(OO)C(C)O. The predicted molar refractivity (Wildman–Crippen MR) is 34.0 cm³/mol. The third-order valence-corrected chi connectivity index (χ3v) is 1.43. The molecule has 0 heterocycles. The van der Waals surface area contributed by atoms with Crippen molar-refractivity contribution >= 4 is 0 Å². The summed E-state index contributed by atoms with van der Waals surface area (Å²) < 4.78 is 0. The molecule has 2 unspecified atom stereocenters. The smallest absolute Gasteiger partial charge is 0.144 e. The molecule has 0 aromatic heterocycles. The van der Waals surface area contributed by atoms with Gasteiger partial charge in [-0.25, -0.2) is 4.89 Å². The fourth-order valence-corrected chi connectivity index (χ4v) is 0.284. The Labute approximate surface area is 54.5 Å². The molecule has 2 atom stereocenters. The van der Waals surface area contributed by atoms with Crippen LogP contribution in [0.25, 0.3) is 0 Å².